The Hall–Kier alpha value is -2.64. The van der Waals surface area contributed by atoms with Crippen LogP contribution in [0.15, 0.2) is 53.7 Å². The maximum absolute atomic E-state index is 12.7. The van der Waals surface area contributed by atoms with Crippen LogP contribution in [0.5, 0.6) is 11.8 Å². The lowest BCUT2D eigenvalue weighted by Crippen LogP contribution is -2.24. The van der Waals surface area contributed by atoms with Gasteiger partial charge in [0.05, 0.1) is 12.7 Å². The molecule has 6 nitrogen and oxygen atoms in total. The number of fused-ring (bicyclic) bond motifs is 1. The molecule has 0 spiro atoms. The van der Waals surface area contributed by atoms with Crippen molar-refractivity contribution in [3.05, 3.63) is 65.6 Å². The van der Waals surface area contributed by atoms with E-state index in [0.717, 1.165) is 21.7 Å². The number of ether oxygens (including phenoxy) is 1. The van der Waals surface area contributed by atoms with Gasteiger partial charge in [0, 0.05) is 23.5 Å². The fourth-order valence-corrected chi connectivity index (χ4v) is 4.03. The Morgan fingerprint density at radius 3 is 2.80 bits per heavy atom. The molecular weight excluding hydrogens is 336 g/mol. The van der Waals surface area contributed by atoms with Crippen molar-refractivity contribution in [3.63, 3.8) is 0 Å². The maximum Gasteiger partial charge on any atom is 0.324 e. The number of benzene rings is 1. The largest absolute Gasteiger partial charge is 0.588 e. The lowest BCUT2D eigenvalue weighted by Gasteiger charge is -2.17. The number of hydrogen-bond donors (Lipinski definition) is 0. The zero-order valence-corrected chi connectivity index (χ0v) is 14.7. The van der Waals surface area contributed by atoms with Crippen LogP contribution >= 0.6 is 0 Å². The maximum atomic E-state index is 12.7. The summed E-state index contributed by atoms with van der Waals surface area (Å²) in [5, 5.41) is 0. The minimum absolute atomic E-state index is 0.208. The Morgan fingerprint density at radius 2 is 2.00 bits per heavy atom. The fraction of sp³-hybridized carbons (Fsp3) is 0.167. The minimum Gasteiger partial charge on any atom is -0.588 e. The molecule has 0 aliphatic carbocycles. The van der Waals surface area contributed by atoms with Gasteiger partial charge >= 0.3 is 6.01 Å². The zero-order chi connectivity index (χ0) is 17.4. The van der Waals surface area contributed by atoms with Gasteiger partial charge in [0.1, 0.15) is 11.4 Å². The van der Waals surface area contributed by atoms with Gasteiger partial charge in [0.2, 0.25) is 0 Å². The first-order chi connectivity index (χ1) is 12.1. The molecule has 0 fully saturated rings. The Bertz CT molecular complexity index is 934. The monoisotopic (exact) mass is 352 g/mol. The highest BCUT2D eigenvalue weighted by atomic mass is 32.2. The van der Waals surface area contributed by atoms with Gasteiger partial charge in [-0.3, -0.25) is 4.98 Å². The van der Waals surface area contributed by atoms with Crippen molar-refractivity contribution < 1.29 is 9.29 Å². The molecule has 3 aromatic rings. The second-order valence-corrected chi connectivity index (χ2v) is 7.16. The summed E-state index contributed by atoms with van der Waals surface area (Å²) in [5.41, 5.74) is 2.92. The first-order valence-electron chi connectivity index (χ1n) is 7.83. The van der Waals surface area contributed by atoms with Crippen molar-refractivity contribution in [3.8, 4) is 11.8 Å². The molecule has 1 aliphatic rings. The second-order valence-electron chi connectivity index (χ2n) is 5.78. The van der Waals surface area contributed by atoms with Crippen molar-refractivity contribution in [2.75, 3.05) is 4.31 Å². The van der Waals surface area contributed by atoms with Gasteiger partial charge in [-0.1, -0.05) is 18.2 Å². The molecule has 126 valence electrons. The fourth-order valence-electron chi connectivity index (χ4n) is 2.71. The number of aromatic nitrogens is 3. The van der Waals surface area contributed by atoms with Crippen molar-refractivity contribution in [1.82, 2.24) is 15.0 Å². The predicted octanol–water partition coefficient (Wildman–Crippen LogP) is 3.32. The highest BCUT2D eigenvalue weighted by molar-refractivity contribution is 7.93. The molecule has 0 radical (unpaired) electrons. The summed E-state index contributed by atoms with van der Waals surface area (Å²) in [6, 6.07) is 11.6. The van der Waals surface area contributed by atoms with E-state index in [1.54, 1.807) is 22.8 Å². The third kappa shape index (κ3) is 3.04. The first kappa shape index (κ1) is 15.9. The Balaban J connectivity index is 1.60. The quantitative estimate of drug-likeness (QED) is 0.673. The van der Waals surface area contributed by atoms with E-state index in [4.69, 9.17) is 4.74 Å². The van der Waals surface area contributed by atoms with Gasteiger partial charge in [0.15, 0.2) is 16.5 Å². The standard InChI is InChI=1S/C18H16N4O2S/c1-12-9-13(2)20-10-15(12)24-18-19-8-7-17(21-18)22-11-14-5-3-4-6-16(14)25(22)23/h3-10H,11H2,1-2H3. The lowest BCUT2D eigenvalue weighted by atomic mass is 10.2. The molecule has 1 aliphatic heterocycles. The van der Waals surface area contributed by atoms with Gasteiger partial charge in [0.25, 0.3) is 0 Å². The van der Waals surface area contributed by atoms with E-state index < -0.39 is 11.4 Å². The molecule has 0 saturated carbocycles. The molecule has 0 amide bonds. The smallest absolute Gasteiger partial charge is 0.324 e. The highest BCUT2D eigenvalue weighted by Crippen LogP contribution is 2.34. The summed E-state index contributed by atoms with van der Waals surface area (Å²) in [4.78, 5) is 13.6. The number of rotatable bonds is 3. The van der Waals surface area contributed by atoms with Crippen LogP contribution in [0.4, 0.5) is 5.82 Å². The average Bonchev–Trinajstić information content (AvgIpc) is 2.95. The highest BCUT2D eigenvalue weighted by Gasteiger charge is 2.35. The first-order valence-corrected chi connectivity index (χ1v) is 8.94. The van der Waals surface area contributed by atoms with Crippen LogP contribution in [0, 0.1) is 13.8 Å². The normalized spacial score (nSPS) is 16.0. The summed E-state index contributed by atoms with van der Waals surface area (Å²) in [6.45, 7) is 4.42. The van der Waals surface area contributed by atoms with E-state index in [1.165, 1.54) is 0 Å². The van der Waals surface area contributed by atoms with Gasteiger partial charge in [-0.15, -0.1) is 0 Å². The van der Waals surface area contributed by atoms with E-state index in [1.807, 2.05) is 44.2 Å². The van der Waals surface area contributed by atoms with E-state index in [-0.39, 0.29) is 6.01 Å². The van der Waals surface area contributed by atoms with Crippen molar-refractivity contribution in [2.45, 2.75) is 25.3 Å². The van der Waals surface area contributed by atoms with Crippen molar-refractivity contribution in [1.29, 1.82) is 0 Å². The van der Waals surface area contributed by atoms with Crippen molar-refractivity contribution >= 4 is 17.2 Å². The summed E-state index contributed by atoms with van der Waals surface area (Å²) in [6.07, 6.45) is 3.26. The molecular formula is C18H16N4O2S. The lowest BCUT2D eigenvalue weighted by molar-refractivity contribution is 0.436. The molecule has 1 unspecified atom stereocenters. The van der Waals surface area contributed by atoms with E-state index in [9.17, 15) is 4.55 Å². The summed E-state index contributed by atoms with van der Waals surface area (Å²) >= 11 is -1.27. The number of pyridine rings is 1. The average molecular weight is 352 g/mol. The minimum atomic E-state index is -1.27. The molecule has 7 heteroatoms. The zero-order valence-electron chi connectivity index (χ0n) is 13.8. The van der Waals surface area contributed by atoms with Crippen molar-refractivity contribution in [2.24, 2.45) is 0 Å². The summed E-state index contributed by atoms with van der Waals surface area (Å²) in [7, 11) is 0. The molecule has 0 N–H and O–H groups in total. The number of nitrogens with zero attached hydrogens (tertiary/aromatic N) is 4. The summed E-state index contributed by atoms with van der Waals surface area (Å²) < 4.78 is 20.2. The molecule has 1 atom stereocenters. The Morgan fingerprint density at radius 1 is 1.16 bits per heavy atom. The van der Waals surface area contributed by atoms with Gasteiger partial charge in [-0.25, -0.2) is 4.98 Å². The van der Waals surface area contributed by atoms with Crippen LogP contribution < -0.4 is 9.04 Å². The van der Waals surface area contributed by atoms with E-state index >= 15 is 0 Å². The molecule has 2 aromatic heterocycles. The number of aryl methyl sites for hydroxylation is 2. The molecule has 3 heterocycles. The van der Waals surface area contributed by atoms with E-state index in [0.29, 0.717) is 18.1 Å². The summed E-state index contributed by atoms with van der Waals surface area (Å²) in [5.74, 6) is 1.17. The molecule has 25 heavy (non-hydrogen) atoms. The van der Waals surface area contributed by atoms with Gasteiger partial charge in [-0.05, 0) is 31.5 Å². The van der Waals surface area contributed by atoms with Gasteiger partial charge < -0.3 is 9.29 Å². The third-order valence-electron chi connectivity index (χ3n) is 3.95. The van der Waals surface area contributed by atoms with Crippen LogP contribution in [0.1, 0.15) is 16.8 Å². The molecule has 0 bridgehead atoms. The van der Waals surface area contributed by atoms with Gasteiger partial charge in [-0.2, -0.15) is 9.29 Å². The van der Waals surface area contributed by atoms with E-state index in [2.05, 4.69) is 15.0 Å². The third-order valence-corrected chi connectivity index (χ3v) is 5.44. The van der Waals surface area contributed by atoms with Crippen LogP contribution in [-0.2, 0) is 17.9 Å². The Kier molecular flexibility index (Phi) is 4.03. The molecule has 4 rings (SSSR count). The number of hydrogen-bond acceptors (Lipinski definition) is 6. The van der Waals surface area contributed by atoms with Crippen LogP contribution in [0.3, 0.4) is 0 Å². The SMILES string of the molecule is Cc1cc(C)c(Oc2nccc(N3Cc4ccccc4[S+]3[O-])n2)cn1. The molecule has 1 aromatic carbocycles. The molecule has 0 saturated heterocycles. The topological polar surface area (TPSA) is 74.2 Å². The second kappa shape index (κ2) is 6.34. The predicted molar refractivity (Wildman–Crippen MR) is 94.9 cm³/mol. The van der Waals surface area contributed by atoms with Crippen LogP contribution in [0.2, 0.25) is 0 Å². The number of anilines is 1. The van der Waals surface area contributed by atoms with Crippen LogP contribution in [0.25, 0.3) is 0 Å². The Labute approximate surface area is 148 Å². The van der Waals surface area contributed by atoms with Crippen LogP contribution in [-0.4, -0.2) is 19.5 Å².